The second kappa shape index (κ2) is 6.99. The predicted molar refractivity (Wildman–Crippen MR) is 95.1 cm³/mol. The Bertz CT molecular complexity index is 672. The maximum Gasteiger partial charge on any atom is 0.222 e. The van der Waals surface area contributed by atoms with Crippen LogP contribution in [0.15, 0.2) is 48.5 Å². The fraction of sp³-hybridized carbons (Fsp3) is 0.381. The molecule has 1 fully saturated rings. The highest BCUT2D eigenvalue weighted by Gasteiger charge is 2.19. The largest absolute Gasteiger partial charge is 0.338 e. The fourth-order valence-electron chi connectivity index (χ4n) is 3.30. The number of likely N-dealkylation sites (tertiary alicyclic amines) is 1. The number of carbonyl (C=O) groups excluding carboxylic acids is 1. The van der Waals surface area contributed by atoms with E-state index < -0.39 is 0 Å². The van der Waals surface area contributed by atoms with E-state index in [1.807, 2.05) is 4.90 Å². The van der Waals surface area contributed by atoms with E-state index in [-0.39, 0.29) is 5.91 Å². The number of hydrogen-bond acceptors (Lipinski definition) is 1. The zero-order valence-corrected chi connectivity index (χ0v) is 14.1. The third-order valence-corrected chi connectivity index (χ3v) is 4.46. The first-order valence-electron chi connectivity index (χ1n) is 8.58. The van der Waals surface area contributed by atoms with Gasteiger partial charge in [0.1, 0.15) is 0 Å². The summed E-state index contributed by atoms with van der Waals surface area (Å²) in [4.78, 5) is 13.7. The van der Waals surface area contributed by atoms with Crippen molar-refractivity contribution >= 4 is 5.91 Å². The lowest BCUT2D eigenvalue weighted by atomic mass is 9.93. The van der Waals surface area contributed by atoms with Crippen molar-refractivity contribution in [3.8, 4) is 11.1 Å². The van der Waals surface area contributed by atoms with E-state index in [0.717, 1.165) is 25.9 Å². The Hall–Kier alpha value is -2.09. The Kier molecular flexibility index (Phi) is 4.80. The van der Waals surface area contributed by atoms with Crippen molar-refractivity contribution in [2.45, 2.75) is 39.7 Å². The topological polar surface area (TPSA) is 20.3 Å². The Morgan fingerprint density at radius 3 is 2.43 bits per heavy atom. The van der Waals surface area contributed by atoms with Crippen LogP contribution in [0.2, 0.25) is 0 Å². The van der Waals surface area contributed by atoms with Crippen molar-refractivity contribution in [1.29, 1.82) is 0 Å². The van der Waals surface area contributed by atoms with E-state index in [4.69, 9.17) is 0 Å². The summed E-state index contributed by atoms with van der Waals surface area (Å²) in [7, 11) is 0. The Morgan fingerprint density at radius 1 is 1.04 bits per heavy atom. The van der Waals surface area contributed by atoms with E-state index in [9.17, 15) is 4.79 Å². The quantitative estimate of drug-likeness (QED) is 0.785. The van der Waals surface area contributed by atoms with Gasteiger partial charge < -0.3 is 4.90 Å². The predicted octanol–water partition coefficient (Wildman–Crippen LogP) is 4.67. The number of carbonyl (C=O) groups is 1. The average molecular weight is 307 g/mol. The number of hydrogen-bond donors (Lipinski definition) is 0. The normalized spacial score (nSPS) is 14.7. The highest BCUT2D eigenvalue weighted by molar-refractivity contribution is 5.78. The van der Waals surface area contributed by atoms with E-state index in [1.54, 1.807) is 0 Å². The maximum absolute atomic E-state index is 11.7. The zero-order valence-electron chi connectivity index (χ0n) is 14.1. The van der Waals surface area contributed by atoms with Gasteiger partial charge in [0.05, 0.1) is 0 Å². The second-order valence-corrected chi connectivity index (χ2v) is 6.87. The minimum absolute atomic E-state index is 0.288. The second-order valence-electron chi connectivity index (χ2n) is 6.87. The molecule has 0 saturated carbocycles. The summed E-state index contributed by atoms with van der Waals surface area (Å²) in [6.45, 7) is 6.16. The first-order valence-corrected chi connectivity index (χ1v) is 8.58. The van der Waals surface area contributed by atoms with Gasteiger partial charge in [-0.05, 0) is 41.0 Å². The molecule has 0 unspecified atom stereocenters. The smallest absolute Gasteiger partial charge is 0.222 e. The highest BCUT2D eigenvalue weighted by atomic mass is 16.2. The molecule has 0 spiro atoms. The lowest BCUT2D eigenvalue weighted by molar-refractivity contribution is -0.128. The Balaban J connectivity index is 1.78. The van der Waals surface area contributed by atoms with Crippen LogP contribution >= 0.6 is 0 Å². The van der Waals surface area contributed by atoms with E-state index in [2.05, 4.69) is 62.4 Å². The van der Waals surface area contributed by atoms with E-state index in [1.165, 1.54) is 22.3 Å². The highest BCUT2D eigenvalue weighted by Crippen LogP contribution is 2.26. The van der Waals surface area contributed by atoms with Crippen molar-refractivity contribution in [3.05, 3.63) is 59.7 Å². The van der Waals surface area contributed by atoms with Gasteiger partial charge in [-0.2, -0.15) is 0 Å². The SMILES string of the molecule is CC(C)Cc1ccccc1-c1ccc(CN2CCCC2=O)cc1. The van der Waals surface area contributed by atoms with Gasteiger partial charge in [0.2, 0.25) is 5.91 Å². The number of amides is 1. The molecule has 1 aliphatic rings. The summed E-state index contributed by atoms with van der Waals surface area (Å²) in [5.41, 5.74) is 5.21. The van der Waals surface area contributed by atoms with Crippen molar-refractivity contribution < 1.29 is 4.79 Å². The Morgan fingerprint density at radius 2 is 1.78 bits per heavy atom. The molecule has 2 heteroatoms. The molecular formula is C21H25NO. The first-order chi connectivity index (χ1) is 11.1. The molecule has 1 heterocycles. The average Bonchev–Trinajstić information content (AvgIpc) is 2.93. The van der Waals surface area contributed by atoms with Gasteiger partial charge in [0.25, 0.3) is 0 Å². The van der Waals surface area contributed by atoms with Crippen LogP contribution < -0.4 is 0 Å². The monoisotopic (exact) mass is 307 g/mol. The molecule has 0 aliphatic carbocycles. The molecule has 0 atom stereocenters. The molecule has 1 aliphatic heterocycles. The van der Waals surface area contributed by atoms with Crippen LogP contribution in [-0.2, 0) is 17.8 Å². The van der Waals surface area contributed by atoms with Crippen LogP contribution in [0.25, 0.3) is 11.1 Å². The van der Waals surface area contributed by atoms with Crippen molar-refractivity contribution in [3.63, 3.8) is 0 Å². The van der Waals surface area contributed by atoms with Gasteiger partial charge in [-0.15, -0.1) is 0 Å². The fourth-order valence-corrected chi connectivity index (χ4v) is 3.30. The van der Waals surface area contributed by atoms with Crippen molar-refractivity contribution in [1.82, 2.24) is 4.90 Å². The van der Waals surface area contributed by atoms with Crippen LogP contribution in [-0.4, -0.2) is 17.4 Å². The summed E-state index contributed by atoms with van der Waals surface area (Å²) >= 11 is 0. The molecular weight excluding hydrogens is 282 g/mol. The van der Waals surface area contributed by atoms with Gasteiger partial charge >= 0.3 is 0 Å². The third kappa shape index (κ3) is 3.82. The standard InChI is InChI=1S/C21H25NO/c1-16(2)14-19-6-3-4-7-20(19)18-11-9-17(10-12-18)15-22-13-5-8-21(22)23/h3-4,6-7,9-12,16H,5,8,13-15H2,1-2H3. The summed E-state index contributed by atoms with van der Waals surface area (Å²) in [5.74, 6) is 0.938. The van der Waals surface area contributed by atoms with Gasteiger partial charge in [-0.3, -0.25) is 4.79 Å². The molecule has 0 aromatic heterocycles. The van der Waals surface area contributed by atoms with Gasteiger partial charge in [-0.1, -0.05) is 62.4 Å². The van der Waals surface area contributed by atoms with Crippen LogP contribution in [0.5, 0.6) is 0 Å². The molecule has 120 valence electrons. The minimum atomic E-state index is 0.288. The molecule has 1 saturated heterocycles. The first kappa shape index (κ1) is 15.8. The summed E-state index contributed by atoms with van der Waals surface area (Å²) < 4.78 is 0. The molecule has 2 aromatic rings. The van der Waals surface area contributed by atoms with Crippen molar-refractivity contribution in [2.24, 2.45) is 5.92 Å². The third-order valence-electron chi connectivity index (χ3n) is 4.46. The molecule has 0 radical (unpaired) electrons. The molecule has 0 bridgehead atoms. The summed E-state index contributed by atoms with van der Waals surface area (Å²) in [6.07, 6.45) is 2.81. The van der Waals surface area contributed by atoms with Crippen LogP contribution in [0.3, 0.4) is 0 Å². The molecule has 2 aromatic carbocycles. The van der Waals surface area contributed by atoms with Gasteiger partial charge in [-0.25, -0.2) is 0 Å². The Labute approximate surface area is 139 Å². The molecule has 23 heavy (non-hydrogen) atoms. The van der Waals surface area contributed by atoms with Crippen LogP contribution in [0.1, 0.15) is 37.8 Å². The lowest BCUT2D eigenvalue weighted by Crippen LogP contribution is -2.23. The van der Waals surface area contributed by atoms with Crippen LogP contribution in [0.4, 0.5) is 0 Å². The molecule has 1 amide bonds. The van der Waals surface area contributed by atoms with E-state index in [0.29, 0.717) is 12.3 Å². The molecule has 2 nitrogen and oxygen atoms in total. The lowest BCUT2D eigenvalue weighted by Gasteiger charge is -2.16. The van der Waals surface area contributed by atoms with Gasteiger partial charge in [0.15, 0.2) is 0 Å². The number of nitrogens with zero attached hydrogens (tertiary/aromatic N) is 1. The maximum atomic E-state index is 11.7. The van der Waals surface area contributed by atoms with Gasteiger partial charge in [0, 0.05) is 19.5 Å². The molecule has 0 N–H and O–H groups in total. The zero-order chi connectivity index (χ0) is 16.2. The van der Waals surface area contributed by atoms with E-state index >= 15 is 0 Å². The number of benzene rings is 2. The summed E-state index contributed by atoms with van der Waals surface area (Å²) in [6, 6.07) is 17.4. The molecule has 3 rings (SSSR count). The minimum Gasteiger partial charge on any atom is -0.338 e. The number of rotatable bonds is 5. The summed E-state index contributed by atoms with van der Waals surface area (Å²) in [5, 5.41) is 0. The van der Waals surface area contributed by atoms with Crippen molar-refractivity contribution in [2.75, 3.05) is 6.54 Å². The van der Waals surface area contributed by atoms with Crippen LogP contribution in [0, 0.1) is 5.92 Å².